The Bertz CT molecular complexity index is 920. The van der Waals surface area contributed by atoms with Crippen LogP contribution in [0.5, 0.6) is 0 Å². The van der Waals surface area contributed by atoms with Crippen LogP contribution in [0.1, 0.15) is 38.7 Å². The van der Waals surface area contributed by atoms with Crippen molar-refractivity contribution in [2.75, 3.05) is 6.54 Å². The SMILES string of the molecule is Cc1ccc(C)c(C(=O)NCCc2n[nH]c(Cc3cccc(Cl)c3)n2)c1. The molecular formula is C20H21ClN4O. The zero-order valence-corrected chi connectivity index (χ0v) is 15.6. The highest BCUT2D eigenvalue weighted by atomic mass is 35.5. The molecule has 1 aromatic heterocycles. The van der Waals surface area contributed by atoms with Gasteiger partial charge in [-0.3, -0.25) is 9.89 Å². The molecular weight excluding hydrogens is 348 g/mol. The summed E-state index contributed by atoms with van der Waals surface area (Å²) in [5, 5.41) is 10.8. The number of H-pyrrole nitrogens is 1. The normalized spacial score (nSPS) is 10.7. The van der Waals surface area contributed by atoms with Gasteiger partial charge < -0.3 is 5.32 Å². The quantitative estimate of drug-likeness (QED) is 0.697. The van der Waals surface area contributed by atoms with Crippen LogP contribution in [-0.2, 0) is 12.8 Å². The Balaban J connectivity index is 1.53. The summed E-state index contributed by atoms with van der Waals surface area (Å²) in [4.78, 5) is 16.8. The number of carbonyl (C=O) groups is 1. The Morgan fingerprint density at radius 2 is 2.04 bits per heavy atom. The van der Waals surface area contributed by atoms with Crippen molar-refractivity contribution in [3.05, 3.63) is 81.4 Å². The molecule has 1 heterocycles. The number of aromatic nitrogens is 3. The number of benzene rings is 2. The fraction of sp³-hybridized carbons (Fsp3) is 0.250. The molecule has 3 rings (SSSR count). The van der Waals surface area contributed by atoms with Crippen molar-refractivity contribution < 1.29 is 4.79 Å². The van der Waals surface area contributed by atoms with Crippen LogP contribution < -0.4 is 5.32 Å². The Kier molecular flexibility index (Phi) is 5.68. The molecule has 134 valence electrons. The second-order valence-electron chi connectivity index (χ2n) is 6.33. The van der Waals surface area contributed by atoms with Crippen molar-refractivity contribution in [1.29, 1.82) is 0 Å². The Morgan fingerprint density at radius 3 is 2.85 bits per heavy atom. The van der Waals surface area contributed by atoms with Crippen LogP contribution in [0.3, 0.4) is 0 Å². The summed E-state index contributed by atoms with van der Waals surface area (Å²) in [5.41, 5.74) is 3.82. The Morgan fingerprint density at radius 1 is 1.19 bits per heavy atom. The van der Waals surface area contributed by atoms with E-state index in [1.54, 1.807) is 0 Å². The van der Waals surface area contributed by atoms with Crippen LogP contribution in [0.25, 0.3) is 0 Å². The Labute approximate surface area is 157 Å². The van der Waals surface area contributed by atoms with E-state index in [1.807, 2.05) is 56.3 Å². The smallest absolute Gasteiger partial charge is 0.251 e. The lowest BCUT2D eigenvalue weighted by atomic mass is 10.1. The van der Waals surface area contributed by atoms with Gasteiger partial charge in [-0.1, -0.05) is 41.4 Å². The first-order chi connectivity index (χ1) is 12.5. The van der Waals surface area contributed by atoms with Gasteiger partial charge in [0, 0.05) is 30.0 Å². The van der Waals surface area contributed by atoms with Gasteiger partial charge in [-0.25, -0.2) is 4.98 Å². The maximum absolute atomic E-state index is 12.3. The van der Waals surface area contributed by atoms with Crippen LogP contribution in [0, 0.1) is 13.8 Å². The number of nitrogens with zero attached hydrogens (tertiary/aromatic N) is 2. The molecule has 1 amide bonds. The summed E-state index contributed by atoms with van der Waals surface area (Å²) in [6.07, 6.45) is 1.21. The van der Waals surface area contributed by atoms with Gasteiger partial charge in [0.2, 0.25) is 0 Å². The lowest BCUT2D eigenvalue weighted by molar-refractivity contribution is 0.0953. The number of carbonyl (C=O) groups excluding carboxylic acids is 1. The number of hydrogen-bond acceptors (Lipinski definition) is 3. The number of rotatable bonds is 6. The average Bonchev–Trinajstić information content (AvgIpc) is 3.04. The second-order valence-corrected chi connectivity index (χ2v) is 6.77. The van der Waals surface area contributed by atoms with Gasteiger partial charge in [0.25, 0.3) is 5.91 Å². The van der Waals surface area contributed by atoms with Crippen LogP contribution in [0.2, 0.25) is 5.02 Å². The molecule has 0 spiro atoms. The maximum atomic E-state index is 12.3. The van der Waals surface area contributed by atoms with Gasteiger partial charge in [0.1, 0.15) is 5.82 Å². The molecule has 2 N–H and O–H groups in total. The number of halogens is 1. The van der Waals surface area contributed by atoms with Crippen molar-refractivity contribution in [3.8, 4) is 0 Å². The van der Waals surface area contributed by atoms with E-state index in [9.17, 15) is 4.79 Å². The highest BCUT2D eigenvalue weighted by molar-refractivity contribution is 6.30. The van der Waals surface area contributed by atoms with Crippen LogP contribution in [0.4, 0.5) is 0 Å². The van der Waals surface area contributed by atoms with E-state index in [4.69, 9.17) is 11.6 Å². The molecule has 5 nitrogen and oxygen atoms in total. The van der Waals surface area contributed by atoms with Crippen molar-refractivity contribution in [2.45, 2.75) is 26.7 Å². The minimum atomic E-state index is -0.0686. The topological polar surface area (TPSA) is 70.7 Å². The molecule has 0 fully saturated rings. The first kappa shape index (κ1) is 18.1. The number of amides is 1. The van der Waals surface area contributed by atoms with Gasteiger partial charge in [-0.05, 0) is 43.2 Å². The highest BCUT2D eigenvalue weighted by Crippen LogP contribution is 2.13. The van der Waals surface area contributed by atoms with Gasteiger partial charge in [0.05, 0.1) is 0 Å². The molecule has 0 aliphatic rings. The van der Waals surface area contributed by atoms with Gasteiger partial charge in [0.15, 0.2) is 5.82 Å². The summed E-state index contributed by atoms with van der Waals surface area (Å²) in [6.45, 7) is 4.40. The van der Waals surface area contributed by atoms with Crippen molar-refractivity contribution in [2.24, 2.45) is 0 Å². The molecule has 0 saturated heterocycles. The Hall–Kier alpha value is -2.66. The summed E-state index contributed by atoms with van der Waals surface area (Å²) in [7, 11) is 0. The lowest BCUT2D eigenvalue weighted by Gasteiger charge is -2.07. The van der Waals surface area contributed by atoms with Gasteiger partial charge >= 0.3 is 0 Å². The third-order valence-electron chi connectivity index (χ3n) is 4.11. The molecule has 0 aliphatic heterocycles. The minimum Gasteiger partial charge on any atom is -0.352 e. The van der Waals surface area contributed by atoms with E-state index in [-0.39, 0.29) is 5.91 Å². The first-order valence-corrected chi connectivity index (χ1v) is 8.89. The largest absolute Gasteiger partial charge is 0.352 e. The van der Waals surface area contributed by atoms with Crippen molar-refractivity contribution in [3.63, 3.8) is 0 Å². The summed E-state index contributed by atoms with van der Waals surface area (Å²) >= 11 is 6.00. The standard InChI is InChI=1S/C20H21ClN4O/c1-13-6-7-14(2)17(10-13)20(26)22-9-8-18-23-19(25-24-18)12-15-4-3-5-16(21)11-15/h3-7,10-11H,8-9,12H2,1-2H3,(H,22,26)(H,23,24,25). The third-order valence-corrected chi connectivity index (χ3v) is 4.35. The second kappa shape index (κ2) is 8.15. The van der Waals surface area contributed by atoms with E-state index >= 15 is 0 Å². The number of nitrogens with one attached hydrogen (secondary N) is 2. The van der Waals surface area contributed by atoms with Crippen LogP contribution >= 0.6 is 11.6 Å². The van der Waals surface area contributed by atoms with Gasteiger partial charge in [-0.15, -0.1) is 0 Å². The summed E-state index contributed by atoms with van der Waals surface area (Å²) < 4.78 is 0. The summed E-state index contributed by atoms with van der Waals surface area (Å²) in [6, 6.07) is 13.5. The molecule has 6 heteroatoms. The molecule has 2 aromatic carbocycles. The third kappa shape index (κ3) is 4.70. The molecule has 0 saturated carbocycles. The van der Waals surface area contributed by atoms with E-state index in [0.29, 0.717) is 35.8 Å². The maximum Gasteiger partial charge on any atom is 0.251 e. The molecule has 0 aliphatic carbocycles. The number of aryl methyl sites for hydroxylation is 2. The molecule has 0 radical (unpaired) electrons. The summed E-state index contributed by atoms with van der Waals surface area (Å²) in [5.74, 6) is 1.40. The van der Waals surface area contributed by atoms with E-state index in [0.717, 1.165) is 22.5 Å². The number of aromatic amines is 1. The predicted octanol–water partition coefficient (Wildman–Crippen LogP) is 3.64. The van der Waals surface area contributed by atoms with Crippen molar-refractivity contribution in [1.82, 2.24) is 20.5 Å². The lowest BCUT2D eigenvalue weighted by Crippen LogP contribution is -2.26. The molecule has 0 bridgehead atoms. The van der Waals surface area contributed by atoms with E-state index in [2.05, 4.69) is 20.5 Å². The highest BCUT2D eigenvalue weighted by Gasteiger charge is 2.10. The minimum absolute atomic E-state index is 0.0686. The van der Waals surface area contributed by atoms with Crippen LogP contribution in [-0.4, -0.2) is 27.6 Å². The fourth-order valence-electron chi connectivity index (χ4n) is 2.73. The van der Waals surface area contributed by atoms with E-state index in [1.165, 1.54) is 0 Å². The zero-order valence-electron chi connectivity index (χ0n) is 14.8. The van der Waals surface area contributed by atoms with Crippen LogP contribution in [0.15, 0.2) is 42.5 Å². The fourth-order valence-corrected chi connectivity index (χ4v) is 2.94. The van der Waals surface area contributed by atoms with Crippen molar-refractivity contribution >= 4 is 17.5 Å². The molecule has 0 unspecified atom stereocenters. The zero-order chi connectivity index (χ0) is 18.5. The molecule has 0 atom stereocenters. The number of hydrogen-bond donors (Lipinski definition) is 2. The van der Waals surface area contributed by atoms with Gasteiger partial charge in [-0.2, -0.15) is 5.10 Å². The first-order valence-electron chi connectivity index (χ1n) is 8.51. The molecule has 3 aromatic rings. The monoisotopic (exact) mass is 368 g/mol. The average molecular weight is 369 g/mol. The molecule has 26 heavy (non-hydrogen) atoms. The predicted molar refractivity (Wildman–Crippen MR) is 103 cm³/mol. The van der Waals surface area contributed by atoms with E-state index < -0.39 is 0 Å².